The third-order valence-corrected chi connectivity index (χ3v) is 6.40. The molecule has 0 bridgehead atoms. The lowest BCUT2D eigenvalue weighted by Gasteiger charge is -2.27. The topological polar surface area (TPSA) is 35.5 Å². The van der Waals surface area contributed by atoms with Crippen LogP contribution in [0.4, 0.5) is 17.6 Å². The molecule has 7 heteroatoms. The molecule has 0 amide bonds. The molecule has 0 radical (unpaired) electrons. The van der Waals surface area contributed by atoms with Crippen LogP contribution in [0.3, 0.4) is 0 Å². The van der Waals surface area contributed by atoms with Gasteiger partial charge >= 0.3 is 12.1 Å². The van der Waals surface area contributed by atoms with Gasteiger partial charge < -0.3 is 9.47 Å². The maximum atomic E-state index is 14.5. The molecule has 33 heavy (non-hydrogen) atoms. The molecule has 1 fully saturated rings. The number of halogens is 4. The summed E-state index contributed by atoms with van der Waals surface area (Å²) < 4.78 is 61.6. The molecule has 0 unspecified atom stereocenters. The Bertz CT molecular complexity index is 918. The van der Waals surface area contributed by atoms with Crippen LogP contribution >= 0.6 is 0 Å². The van der Waals surface area contributed by atoms with Gasteiger partial charge in [0.05, 0.1) is 5.92 Å². The predicted molar refractivity (Wildman–Crippen MR) is 120 cm³/mol. The fraction of sp³-hybridized carbons (Fsp3) is 0.577. The monoisotopic (exact) mass is 468 g/mol. The lowest BCUT2D eigenvalue weighted by molar-refractivity contribution is -0.153. The second-order valence-corrected chi connectivity index (χ2v) is 9.01. The molecule has 3 rings (SSSR count). The summed E-state index contributed by atoms with van der Waals surface area (Å²) in [6, 6.07) is 6.97. The number of benzene rings is 2. The second-order valence-electron chi connectivity index (χ2n) is 9.01. The normalized spacial score (nSPS) is 18.9. The van der Waals surface area contributed by atoms with Crippen molar-refractivity contribution < 1.29 is 31.8 Å². The van der Waals surface area contributed by atoms with Crippen LogP contribution in [0.1, 0.15) is 71.1 Å². The first-order valence-corrected chi connectivity index (χ1v) is 11.9. The molecule has 182 valence electrons. The van der Waals surface area contributed by atoms with Gasteiger partial charge in [0, 0.05) is 5.39 Å². The summed E-state index contributed by atoms with van der Waals surface area (Å²) in [4.78, 5) is 12.6. The molecule has 2 aromatic carbocycles. The first kappa shape index (κ1) is 25.3. The summed E-state index contributed by atoms with van der Waals surface area (Å²) in [6.45, 7) is 0.649. The van der Waals surface area contributed by atoms with Crippen LogP contribution in [-0.2, 0) is 4.79 Å². The molecule has 0 spiro atoms. The van der Waals surface area contributed by atoms with E-state index in [0.29, 0.717) is 17.1 Å². The molecule has 0 aromatic heterocycles. The average molecular weight is 469 g/mol. The Morgan fingerprint density at radius 1 is 1.00 bits per heavy atom. The van der Waals surface area contributed by atoms with Crippen LogP contribution < -0.4 is 9.47 Å². The van der Waals surface area contributed by atoms with Crippen molar-refractivity contribution in [2.45, 2.75) is 77.3 Å². The van der Waals surface area contributed by atoms with Gasteiger partial charge in [0.25, 0.3) is 0 Å². The molecule has 0 heterocycles. The van der Waals surface area contributed by atoms with Crippen LogP contribution in [0, 0.1) is 17.7 Å². The van der Waals surface area contributed by atoms with Crippen molar-refractivity contribution >= 4 is 16.7 Å². The van der Waals surface area contributed by atoms with E-state index in [2.05, 4.69) is 11.7 Å². The van der Waals surface area contributed by atoms with Crippen molar-refractivity contribution in [1.82, 2.24) is 0 Å². The van der Waals surface area contributed by atoms with E-state index < -0.39 is 24.3 Å². The van der Waals surface area contributed by atoms with E-state index in [4.69, 9.17) is 4.74 Å². The van der Waals surface area contributed by atoms with Crippen molar-refractivity contribution in [3.05, 3.63) is 36.1 Å². The molecular weight excluding hydrogens is 436 g/mol. The highest BCUT2D eigenvalue weighted by molar-refractivity contribution is 5.87. The maximum Gasteiger partial charge on any atom is 0.422 e. The van der Waals surface area contributed by atoms with Crippen LogP contribution in [0.25, 0.3) is 10.8 Å². The summed E-state index contributed by atoms with van der Waals surface area (Å²) in [5, 5.41) is 0.526. The standard InChI is InChI=1S/C26H32F4O3/c1-2-3-4-5-6-7-18-8-10-19(11-9-18)25(31)33-21-13-14-22-20(16-21)12-15-23(24(22)27)32-17-26(28,29)30/h12-16,18-19H,2-11,17H2,1H3. The molecule has 1 saturated carbocycles. The zero-order valence-electron chi connectivity index (χ0n) is 19.1. The summed E-state index contributed by atoms with van der Waals surface area (Å²) in [5.74, 6) is -0.760. The number of esters is 1. The second kappa shape index (κ2) is 11.7. The third-order valence-electron chi connectivity index (χ3n) is 6.40. The fourth-order valence-corrected chi connectivity index (χ4v) is 4.51. The zero-order chi connectivity index (χ0) is 23.8. The van der Waals surface area contributed by atoms with Crippen LogP contribution in [0.5, 0.6) is 11.5 Å². The minimum absolute atomic E-state index is 0.105. The van der Waals surface area contributed by atoms with Gasteiger partial charge in [-0.05, 0) is 61.3 Å². The largest absolute Gasteiger partial charge is 0.481 e. The fourth-order valence-electron chi connectivity index (χ4n) is 4.51. The predicted octanol–water partition coefficient (Wildman–Crippen LogP) is 7.99. The van der Waals surface area contributed by atoms with E-state index in [9.17, 15) is 22.4 Å². The van der Waals surface area contributed by atoms with Gasteiger partial charge in [0.2, 0.25) is 0 Å². The summed E-state index contributed by atoms with van der Waals surface area (Å²) in [5.41, 5.74) is 0. The molecule has 0 atom stereocenters. The number of alkyl halides is 3. The quantitative estimate of drug-likeness (QED) is 0.153. The van der Waals surface area contributed by atoms with Crippen molar-refractivity contribution in [2.75, 3.05) is 6.61 Å². The highest BCUT2D eigenvalue weighted by atomic mass is 19.4. The first-order chi connectivity index (χ1) is 15.8. The van der Waals surface area contributed by atoms with E-state index in [1.165, 1.54) is 62.8 Å². The molecule has 0 saturated heterocycles. The van der Waals surface area contributed by atoms with E-state index >= 15 is 0 Å². The van der Waals surface area contributed by atoms with Gasteiger partial charge in [0.15, 0.2) is 18.2 Å². The Morgan fingerprint density at radius 3 is 2.42 bits per heavy atom. The molecule has 0 aliphatic heterocycles. The number of hydrogen-bond donors (Lipinski definition) is 0. The van der Waals surface area contributed by atoms with E-state index in [1.54, 1.807) is 0 Å². The Labute approximate surface area is 192 Å². The maximum absolute atomic E-state index is 14.5. The van der Waals surface area contributed by atoms with Gasteiger partial charge in [-0.3, -0.25) is 4.79 Å². The molecular formula is C26H32F4O3. The lowest BCUT2D eigenvalue weighted by atomic mass is 9.80. The first-order valence-electron chi connectivity index (χ1n) is 11.9. The van der Waals surface area contributed by atoms with E-state index in [1.807, 2.05) is 0 Å². The van der Waals surface area contributed by atoms with E-state index in [-0.39, 0.29) is 17.3 Å². The van der Waals surface area contributed by atoms with Crippen molar-refractivity contribution in [2.24, 2.45) is 11.8 Å². The van der Waals surface area contributed by atoms with Crippen molar-refractivity contribution in [3.8, 4) is 11.5 Å². The van der Waals surface area contributed by atoms with Crippen molar-refractivity contribution in [1.29, 1.82) is 0 Å². The zero-order valence-corrected chi connectivity index (χ0v) is 19.1. The van der Waals surface area contributed by atoms with E-state index in [0.717, 1.165) is 31.7 Å². The van der Waals surface area contributed by atoms with Crippen LogP contribution in [-0.4, -0.2) is 18.8 Å². The summed E-state index contributed by atoms with van der Waals surface area (Å²) in [7, 11) is 0. The Kier molecular flexibility index (Phi) is 8.98. The van der Waals surface area contributed by atoms with Gasteiger partial charge in [-0.15, -0.1) is 0 Å². The Balaban J connectivity index is 1.52. The molecule has 2 aromatic rings. The van der Waals surface area contributed by atoms with Crippen LogP contribution in [0.15, 0.2) is 30.3 Å². The number of carbonyl (C=O) groups excluding carboxylic acids is 1. The SMILES string of the molecule is CCCCCCCC1CCC(C(=O)Oc2ccc3c(F)c(OCC(F)(F)F)ccc3c2)CC1. The number of ether oxygens (including phenoxy) is 2. The molecule has 3 nitrogen and oxygen atoms in total. The van der Waals surface area contributed by atoms with Crippen LogP contribution in [0.2, 0.25) is 0 Å². The number of fused-ring (bicyclic) bond motifs is 1. The lowest BCUT2D eigenvalue weighted by Crippen LogP contribution is -2.25. The minimum Gasteiger partial charge on any atom is -0.481 e. The number of unbranched alkanes of at least 4 members (excludes halogenated alkanes) is 4. The average Bonchev–Trinajstić information content (AvgIpc) is 2.78. The van der Waals surface area contributed by atoms with Gasteiger partial charge in [-0.1, -0.05) is 51.5 Å². The van der Waals surface area contributed by atoms with Gasteiger partial charge in [-0.25, -0.2) is 4.39 Å². The van der Waals surface area contributed by atoms with Gasteiger partial charge in [0.1, 0.15) is 5.75 Å². The molecule has 1 aliphatic carbocycles. The number of rotatable bonds is 10. The summed E-state index contributed by atoms with van der Waals surface area (Å²) >= 11 is 0. The number of hydrogen-bond acceptors (Lipinski definition) is 3. The summed E-state index contributed by atoms with van der Waals surface area (Å²) in [6.07, 6.45) is 6.79. The highest BCUT2D eigenvalue weighted by Crippen LogP contribution is 2.34. The Hall–Kier alpha value is -2.31. The molecule has 0 N–H and O–H groups in total. The van der Waals surface area contributed by atoms with Crippen molar-refractivity contribution in [3.63, 3.8) is 0 Å². The highest BCUT2D eigenvalue weighted by Gasteiger charge is 2.29. The Morgan fingerprint density at radius 2 is 1.73 bits per heavy atom. The number of carbonyl (C=O) groups is 1. The third kappa shape index (κ3) is 7.61. The molecule has 1 aliphatic rings. The van der Waals surface area contributed by atoms with Gasteiger partial charge in [-0.2, -0.15) is 13.2 Å². The smallest absolute Gasteiger partial charge is 0.422 e. The minimum atomic E-state index is -4.55.